The molecule has 2 rings (SSSR count). The molecule has 0 saturated heterocycles. The molecule has 3 nitrogen and oxygen atoms in total. The number of nitrogens with zero attached hydrogens (tertiary/aromatic N) is 2. The predicted molar refractivity (Wildman–Crippen MR) is 66.7 cm³/mol. The van der Waals surface area contributed by atoms with E-state index in [-0.39, 0.29) is 5.91 Å². The lowest BCUT2D eigenvalue weighted by Gasteiger charge is -2.37. The van der Waals surface area contributed by atoms with E-state index in [4.69, 9.17) is 0 Å². The van der Waals surface area contributed by atoms with Gasteiger partial charge in [0.15, 0.2) is 0 Å². The van der Waals surface area contributed by atoms with Crippen LogP contribution >= 0.6 is 15.9 Å². The Labute approximate surface area is 104 Å². The van der Waals surface area contributed by atoms with Crippen molar-refractivity contribution >= 4 is 21.8 Å². The Morgan fingerprint density at radius 1 is 1.56 bits per heavy atom. The molecule has 0 aromatic carbocycles. The van der Waals surface area contributed by atoms with E-state index in [0.29, 0.717) is 11.6 Å². The van der Waals surface area contributed by atoms with Gasteiger partial charge >= 0.3 is 0 Å². The van der Waals surface area contributed by atoms with E-state index in [0.717, 1.165) is 24.7 Å². The van der Waals surface area contributed by atoms with E-state index >= 15 is 0 Å². The van der Waals surface area contributed by atoms with E-state index in [1.807, 2.05) is 11.0 Å². The molecule has 1 saturated carbocycles. The normalized spacial score (nSPS) is 15.6. The molecule has 0 atom stereocenters. The standard InChI is InChI=1S/C12H15BrN2O/c13-6-8-15(11-4-1-5-11)12(16)10-3-2-7-14-9-10/h2-3,7,9,11H,1,4-6,8H2. The smallest absolute Gasteiger partial charge is 0.255 e. The summed E-state index contributed by atoms with van der Waals surface area (Å²) in [5.41, 5.74) is 0.690. The topological polar surface area (TPSA) is 33.2 Å². The molecule has 1 aliphatic carbocycles. The lowest BCUT2D eigenvalue weighted by Crippen LogP contribution is -2.45. The van der Waals surface area contributed by atoms with Gasteiger partial charge < -0.3 is 4.90 Å². The summed E-state index contributed by atoms with van der Waals surface area (Å²) in [5, 5.41) is 0.829. The quantitative estimate of drug-likeness (QED) is 0.795. The van der Waals surface area contributed by atoms with Crippen LogP contribution in [0, 0.1) is 0 Å². The third kappa shape index (κ3) is 2.43. The van der Waals surface area contributed by atoms with Gasteiger partial charge in [-0.1, -0.05) is 15.9 Å². The molecule has 16 heavy (non-hydrogen) atoms. The number of hydrogen-bond acceptors (Lipinski definition) is 2. The van der Waals surface area contributed by atoms with Crippen molar-refractivity contribution in [2.75, 3.05) is 11.9 Å². The Kier molecular flexibility index (Phi) is 3.93. The van der Waals surface area contributed by atoms with Crippen molar-refractivity contribution in [3.8, 4) is 0 Å². The molecule has 0 radical (unpaired) electrons. The van der Waals surface area contributed by atoms with Gasteiger partial charge in [0.1, 0.15) is 0 Å². The van der Waals surface area contributed by atoms with Gasteiger partial charge in [0.25, 0.3) is 5.91 Å². The lowest BCUT2D eigenvalue weighted by atomic mass is 9.91. The highest BCUT2D eigenvalue weighted by molar-refractivity contribution is 9.09. The minimum atomic E-state index is 0.109. The monoisotopic (exact) mass is 282 g/mol. The molecule has 86 valence electrons. The number of pyridine rings is 1. The van der Waals surface area contributed by atoms with Gasteiger partial charge in [0, 0.05) is 30.3 Å². The molecule has 1 heterocycles. The number of amides is 1. The van der Waals surface area contributed by atoms with Gasteiger partial charge in [0.05, 0.1) is 5.56 Å². The number of carbonyl (C=O) groups is 1. The van der Waals surface area contributed by atoms with Crippen LogP contribution in [0.3, 0.4) is 0 Å². The van der Waals surface area contributed by atoms with Crippen LogP contribution < -0.4 is 0 Å². The third-order valence-corrected chi connectivity index (χ3v) is 3.36. The number of hydrogen-bond donors (Lipinski definition) is 0. The second-order valence-corrected chi connectivity index (χ2v) is 4.81. The molecule has 0 unspecified atom stereocenters. The average molecular weight is 283 g/mol. The minimum Gasteiger partial charge on any atom is -0.335 e. The average Bonchev–Trinajstić information content (AvgIpc) is 2.26. The van der Waals surface area contributed by atoms with Crippen molar-refractivity contribution in [3.05, 3.63) is 30.1 Å². The Hall–Kier alpha value is -0.900. The number of rotatable bonds is 4. The fourth-order valence-electron chi connectivity index (χ4n) is 1.89. The molecular formula is C12H15BrN2O. The highest BCUT2D eigenvalue weighted by Gasteiger charge is 2.28. The first kappa shape index (κ1) is 11.6. The summed E-state index contributed by atoms with van der Waals surface area (Å²) in [6, 6.07) is 4.07. The second kappa shape index (κ2) is 5.43. The molecule has 0 spiro atoms. The fraction of sp³-hybridized carbons (Fsp3) is 0.500. The van der Waals surface area contributed by atoms with E-state index in [1.165, 1.54) is 6.42 Å². The van der Waals surface area contributed by atoms with Crippen molar-refractivity contribution in [1.29, 1.82) is 0 Å². The molecule has 0 aliphatic heterocycles. The summed E-state index contributed by atoms with van der Waals surface area (Å²) in [7, 11) is 0. The van der Waals surface area contributed by atoms with Crippen molar-refractivity contribution in [1.82, 2.24) is 9.88 Å². The predicted octanol–water partition coefficient (Wildman–Crippen LogP) is 2.47. The number of alkyl halides is 1. The van der Waals surface area contributed by atoms with Gasteiger partial charge in [-0.05, 0) is 31.4 Å². The lowest BCUT2D eigenvalue weighted by molar-refractivity contribution is 0.0599. The molecule has 1 aromatic heterocycles. The highest BCUT2D eigenvalue weighted by Crippen LogP contribution is 2.26. The second-order valence-electron chi connectivity index (χ2n) is 4.01. The molecule has 0 N–H and O–H groups in total. The number of aromatic nitrogens is 1. The molecular weight excluding hydrogens is 268 g/mol. The van der Waals surface area contributed by atoms with Crippen molar-refractivity contribution in [2.45, 2.75) is 25.3 Å². The maximum Gasteiger partial charge on any atom is 0.255 e. The minimum absolute atomic E-state index is 0.109. The fourth-order valence-corrected chi connectivity index (χ4v) is 2.28. The van der Waals surface area contributed by atoms with Gasteiger partial charge in [-0.15, -0.1) is 0 Å². The van der Waals surface area contributed by atoms with Crippen LogP contribution in [-0.4, -0.2) is 33.7 Å². The SMILES string of the molecule is O=C(c1cccnc1)N(CCBr)C1CCC1. The Morgan fingerprint density at radius 3 is 2.88 bits per heavy atom. The zero-order valence-electron chi connectivity index (χ0n) is 9.10. The molecule has 4 heteroatoms. The van der Waals surface area contributed by atoms with Crippen LogP contribution in [-0.2, 0) is 0 Å². The number of carbonyl (C=O) groups excluding carboxylic acids is 1. The maximum atomic E-state index is 12.2. The molecule has 0 bridgehead atoms. The van der Waals surface area contributed by atoms with Crippen LogP contribution in [0.5, 0.6) is 0 Å². The Bertz CT molecular complexity index is 351. The van der Waals surface area contributed by atoms with Gasteiger partial charge in [-0.25, -0.2) is 0 Å². The van der Waals surface area contributed by atoms with E-state index in [1.54, 1.807) is 18.5 Å². The largest absolute Gasteiger partial charge is 0.335 e. The van der Waals surface area contributed by atoms with Crippen molar-refractivity contribution < 1.29 is 4.79 Å². The summed E-state index contributed by atoms with van der Waals surface area (Å²) in [5.74, 6) is 0.109. The van der Waals surface area contributed by atoms with Gasteiger partial charge in [0.2, 0.25) is 0 Å². The molecule has 1 fully saturated rings. The van der Waals surface area contributed by atoms with Crippen LogP contribution in [0.1, 0.15) is 29.6 Å². The number of halogens is 1. The Balaban J connectivity index is 2.10. The maximum absolute atomic E-state index is 12.2. The van der Waals surface area contributed by atoms with Crippen LogP contribution in [0.2, 0.25) is 0 Å². The van der Waals surface area contributed by atoms with Gasteiger partial charge in [-0.3, -0.25) is 9.78 Å². The summed E-state index contributed by atoms with van der Waals surface area (Å²) in [4.78, 5) is 18.2. The van der Waals surface area contributed by atoms with E-state index in [2.05, 4.69) is 20.9 Å². The molecule has 1 aromatic rings. The van der Waals surface area contributed by atoms with Crippen LogP contribution in [0.25, 0.3) is 0 Å². The first-order valence-electron chi connectivity index (χ1n) is 5.60. The Morgan fingerprint density at radius 2 is 2.38 bits per heavy atom. The van der Waals surface area contributed by atoms with Crippen LogP contribution in [0.15, 0.2) is 24.5 Å². The van der Waals surface area contributed by atoms with Crippen LogP contribution in [0.4, 0.5) is 0 Å². The zero-order chi connectivity index (χ0) is 11.4. The van der Waals surface area contributed by atoms with E-state index < -0.39 is 0 Å². The van der Waals surface area contributed by atoms with Crippen molar-refractivity contribution in [2.24, 2.45) is 0 Å². The molecule has 1 aliphatic rings. The highest BCUT2D eigenvalue weighted by atomic mass is 79.9. The van der Waals surface area contributed by atoms with E-state index in [9.17, 15) is 4.79 Å². The van der Waals surface area contributed by atoms with Crippen molar-refractivity contribution in [3.63, 3.8) is 0 Å². The third-order valence-electron chi connectivity index (χ3n) is 3.01. The molecule has 1 amide bonds. The first-order valence-corrected chi connectivity index (χ1v) is 6.72. The van der Waals surface area contributed by atoms with Gasteiger partial charge in [-0.2, -0.15) is 0 Å². The zero-order valence-corrected chi connectivity index (χ0v) is 10.7. The summed E-state index contributed by atoms with van der Waals surface area (Å²) in [6.07, 6.45) is 6.85. The summed E-state index contributed by atoms with van der Waals surface area (Å²) >= 11 is 3.40. The summed E-state index contributed by atoms with van der Waals surface area (Å²) < 4.78 is 0. The summed E-state index contributed by atoms with van der Waals surface area (Å²) in [6.45, 7) is 0.776. The first-order chi connectivity index (χ1) is 7.83.